The maximum Gasteiger partial charge on any atom is 0.0437 e. The molecule has 0 aromatic carbocycles. The fourth-order valence-electron chi connectivity index (χ4n) is 0.454. The van der Waals surface area contributed by atoms with Crippen LogP contribution in [0.5, 0.6) is 0 Å². The van der Waals surface area contributed by atoms with E-state index in [9.17, 15) is 0 Å². The zero-order chi connectivity index (χ0) is 10.9. The summed E-state index contributed by atoms with van der Waals surface area (Å²) >= 11 is 0. The molecule has 0 rings (SSSR count). The van der Waals surface area contributed by atoms with Gasteiger partial charge in [0.15, 0.2) is 0 Å². The summed E-state index contributed by atoms with van der Waals surface area (Å²) < 4.78 is 4.83. The molecule has 1 N–H and O–H groups in total. The Balaban J connectivity index is -0.000000120. The van der Waals surface area contributed by atoms with Crippen LogP contribution in [0.3, 0.4) is 0 Å². The van der Waals surface area contributed by atoms with Crippen molar-refractivity contribution in [1.29, 1.82) is 0 Å². The highest BCUT2D eigenvalue weighted by molar-refractivity contribution is 4.27. The first kappa shape index (κ1) is 18.7. The van der Waals surface area contributed by atoms with Crippen LogP contribution in [0.15, 0.2) is 0 Å². The molecule has 0 saturated heterocycles. The molecule has 0 aromatic rings. The molecule has 0 fully saturated rings. The van der Waals surface area contributed by atoms with Crippen LogP contribution in [-0.2, 0) is 4.74 Å². The van der Waals surface area contributed by atoms with Crippen molar-refractivity contribution in [2.45, 2.75) is 48.0 Å². The average molecular weight is 191 g/mol. The molecular formula is C11H29NO. The van der Waals surface area contributed by atoms with Gasteiger partial charge in [0.25, 0.3) is 0 Å². The molecule has 0 aliphatic rings. The summed E-state index contributed by atoms with van der Waals surface area (Å²) in [6.45, 7) is 16.3. The summed E-state index contributed by atoms with van der Waals surface area (Å²) in [5.41, 5.74) is 0. The Labute approximate surface area is 85.1 Å². The number of rotatable bonds is 4. The molecule has 0 aliphatic heterocycles. The standard InChI is InChI=1S/C4H11N.C4H10O.C3H8/c2*1-3-5-4-2;1-3-2/h5H,3-4H2,1-2H3;3-4H2,1-2H3;3H2,1-2H3. The second kappa shape index (κ2) is 29.7. The molecule has 0 amide bonds. The monoisotopic (exact) mass is 191 g/mol. The first-order valence-electron chi connectivity index (χ1n) is 5.53. The largest absolute Gasteiger partial charge is 0.382 e. The van der Waals surface area contributed by atoms with Crippen molar-refractivity contribution >= 4 is 0 Å². The SMILES string of the molecule is CCC.CCNCC.CCOCC. The molecule has 0 spiro atoms. The Hall–Kier alpha value is -0.0800. The molecule has 0 atom stereocenters. The van der Waals surface area contributed by atoms with Crippen molar-refractivity contribution in [3.63, 3.8) is 0 Å². The summed E-state index contributed by atoms with van der Waals surface area (Å²) in [7, 11) is 0. The van der Waals surface area contributed by atoms with Crippen LogP contribution in [0, 0.1) is 0 Å². The normalized spacial score (nSPS) is 7.85. The molecule has 2 nitrogen and oxygen atoms in total. The average Bonchev–Trinajstić information content (AvgIpc) is 2.09. The number of hydrogen-bond acceptors (Lipinski definition) is 2. The van der Waals surface area contributed by atoms with Crippen LogP contribution in [0.4, 0.5) is 0 Å². The first-order valence-corrected chi connectivity index (χ1v) is 5.53. The van der Waals surface area contributed by atoms with Gasteiger partial charge in [-0.25, -0.2) is 0 Å². The fraction of sp³-hybridized carbons (Fsp3) is 1.00. The highest BCUT2D eigenvalue weighted by Crippen LogP contribution is 1.64. The van der Waals surface area contributed by atoms with Crippen LogP contribution in [-0.4, -0.2) is 26.3 Å². The predicted molar refractivity (Wildman–Crippen MR) is 62.3 cm³/mol. The van der Waals surface area contributed by atoms with Gasteiger partial charge in [-0.3, -0.25) is 0 Å². The van der Waals surface area contributed by atoms with Gasteiger partial charge in [0.05, 0.1) is 0 Å². The molecule has 0 unspecified atom stereocenters. The van der Waals surface area contributed by atoms with Gasteiger partial charge in [-0.15, -0.1) is 0 Å². The lowest BCUT2D eigenvalue weighted by molar-refractivity contribution is 0.162. The van der Waals surface area contributed by atoms with E-state index in [0.717, 1.165) is 26.3 Å². The Morgan fingerprint density at radius 3 is 1.08 bits per heavy atom. The molecule has 2 heteroatoms. The molecule has 0 heterocycles. The molecular weight excluding hydrogens is 162 g/mol. The van der Waals surface area contributed by atoms with E-state index >= 15 is 0 Å². The van der Waals surface area contributed by atoms with Gasteiger partial charge in [0.1, 0.15) is 0 Å². The molecule has 0 aliphatic carbocycles. The van der Waals surface area contributed by atoms with Crippen molar-refractivity contribution in [2.75, 3.05) is 26.3 Å². The van der Waals surface area contributed by atoms with Gasteiger partial charge in [-0.1, -0.05) is 34.1 Å². The third-order valence-electron chi connectivity index (χ3n) is 0.908. The summed E-state index contributed by atoms with van der Waals surface area (Å²) in [4.78, 5) is 0. The van der Waals surface area contributed by atoms with E-state index in [1.165, 1.54) is 6.42 Å². The lowest BCUT2D eigenvalue weighted by atomic mass is 10.6. The summed E-state index contributed by atoms with van der Waals surface area (Å²) in [5, 5.41) is 3.11. The topological polar surface area (TPSA) is 21.3 Å². The van der Waals surface area contributed by atoms with Crippen LogP contribution >= 0.6 is 0 Å². The lowest BCUT2D eigenvalue weighted by Crippen LogP contribution is -2.09. The lowest BCUT2D eigenvalue weighted by Gasteiger charge is -1.86. The quantitative estimate of drug-likeness (QED) is 0.737. The van der Waals surface area contributed by atoms with Crippen LogP contribution in [0.25, 0.3) is 0 Å². The van der Waals surface area contributed by atoms with Crippen molar-refractivity contribution in [3.8, 4) is 0 Å². The molecule has 84 valence electrons. The van der Waals surface area contributed by atoms with Crippen molar-refractivity contribution < 1.29 is 4.74 Å². The zero-order valence-electron chi connectivity index (χ0n) is 10.4. The van der Waals surface area contributed by atoms with Crippen LogP contribution < -0.4 is 5.32 Å². The summed E-state index contributed by atoms with van der Waals surface area (Å²) in [6.07, 6.45) is 1.25. The van der Waals surface area contributed by atoms with Gasteiger partial charge >= 0.3 is 0 Å². The van der Waals surface area contributed by atoms with E-state index in [4.69, 9.17) is 4.74 Å². The fourth-order valence-corrected chi connectivity index (χ4v) is 0.454. The second-order valence-electron chi connectivity index (χ2n) is 2.45. The van der Waals surface area contributed by atoms with E-state index in [1.807, 2.05) is 13.8 Å². The Morgan fingerprint density at radius 1 is 0.769 bits per heavy atom. The van der Waals surface area contributed by atoms with Gasteiger partial charge in [0, 0.05) is 13.2 Å². The Morgan fingerprint density at radius 2 is 1.08 bits per heavy atom. The third kappa shape index (κ3) is 76.3. The highest BCUT2D eigenvalue weighted by atomic mass is 16.5. The van der Waals surface area contributed by atoms with Crippen LogP contribution in [0.2, 0.25) is 0 Å². The van der Waals surface area contributed by atoms with E-state index in [2.05, 4.69) is 33.0 Å². The summed E-state index contributed by atoms with van der Waals surface area (Å²) in [5.74, 6) is 0. The predicted octanol–water partition coefficient (Wildman–Crippen LogP) is 3.07. The smallest absolute Gasteiger partial charge is 0.0437 e. The van der Waals surface area contributed by atoms with Crippen LogP contribution in [0.1, 0.15) is 48.0 Å². The van der Waals surface area contributed by atoms with E-state index in [1.54, 1.807) is 0 Å². The third-order valence-corrected chi connectivity index (χ3v) is 0.908. The minimum atomic E-state index is 0.844. The Bertz CT molecular complexity index is 39.4. The van der Waals surface area contributed by atoms with Gasteiger partial charge < -0.3 is 10.1 Å². The summed E-state index contributed by atoms with van der Waals surface area (Å²) in [6, 6.07) is 0. The molecule has 0 bridgehead atoms. The number of hydrogen-bond donors (Lipinski definition) is 1. The maximum absolute atomic E-state index is 4.83. The van der Waals surface area contributed by atoms with E-state index in [-0.39, 0.29) is 0 Å². The van der Waals surface area contributed by atoms with E-state index < -0.39 is 0 Å². The molecule has 0 saturated carbocycles. The maximum atomic E-state index is 4.83. The van der Waals surface area contributed by atoms with Gasteiger partial charge in [-0.2, -0.15) is 0 Å². The first-order chi connectivity index (χ1) is 6.24. The molecule has 13 heavy (non-hydrogen) atoms. The van der Waals surface area contributed by atoms with Crippen molar-refractivity contribution in [1.82, 2.24) is 5.32 Å². The molecule has 0 aromatic heterocycles. The minimum absolute atomic E-state index is 0.844. The van der Waals surface area contributed by atoms with Gasteiger partial charge in [-0.05, 0) is 26.9 Å². The zero-order valence-corrected chi connectivity index (χ0v) is 10.4. The number of ether oxygens (including phenoxy) is 1. The minimum Gasteiger partial charge on any atom is -0.382 e. The second-order valence-corrected chi connectivity index (χ2v) is 2.45. The van der Waals surface area contributed by atoms with Crippen molar-refractivity contribution in [2.24, 2.45) is 0 Å². The van der Waals surface area contributed by atoms with Crippen molar-refractivity contribution in [3.05, 3.63) is 0 Å². The Kier molecular flexibility index (Phi) is 42.6. The van der Waals surface area contributed by atoms with Gasteiger partial charge in [0.2, 0.25) is 0 Å². The highest BCUT2D eigenvalue weighted by Gasteiger charge is 1.64. The van der Waals surface area contributed by atoms with E-state index in [0.29, 0.717) is 0 Å². The molecule has 0 radical (unpaired) electrons. The number of nitrogens with one attached hydrogen (secondary N) is 1.